The largest absolute Gasteiger partial charge is 0.497 e. The number of hydrogen-bond donors (Lipinski definition) is 0. The van der Waals surface area contributed by atoms with Crippen molar-refractivity contribution >= 4 is 33.4 Å². The van der Waals surface area contributed by atoms with Crippen molar-refractivity contribution < 1.29 is 14.3 Å². The minimum absolute atomic E-state index is 0.186. The Kier molecular flexibility index (Phi) is 5.49. The van der Waals surface area contributed by atoms with E-state index < -0.39 is 0 Å². The Hall–Kier alpha value is -4.59. The van der Waals surface area contributed by atoms with Crippen LogP contribution < -0.4 is 19.9 Å². The number of aromatic nitrogens is 3. The summed E-state index contributed by atoms with van der Waals surface area (Å²) in [4.78, 5) is 29.0. The number of fused-ring (bicyclic) bond motifs is 3. The van der Waals surface area contributed by atoms with Crippen molar-refractivity contribution in [3.63, 3.8) is 0 Å². The van der Waals surface area contributed by atoms with E-state index in [0.717, 1.165) is 10.9 Å². The average molecular weight is 469 g/mol. The number of carbonyl (C=O) groups is 1. The Morgan fingerprint density at radius 3 is 2.11 bits per heavy atom. The molecule has 5 aromatic rings. The van der Waals surface area contributed by atoms with Gasteiger partial charge in [0.1, 0.15) is 17.0 Å². The molecular weight excluding hydrogens is 444 g/mol. The third-order valence-corrected chi connectivity index (χ3v) is 6.22. The molecule has 0 fully saturated rings. The van der Waals surface area contributed by atoms with Gasteiger partial charge in [0, 0.05) is 36.1 Å². The standard InChI is InChI=1S/C27H24N4O4/c1-29(17-9-13-19(34-3)14-10-17)26(32)24-23-21-7-5-6-8-22(21)30(2)25(23)27(33)31(28-24)18-11-15-20(35-4)16-12-18/h5-16H,1-4H3. The number of carbonyl (C=O) groups excluding carboxylic acids is 1. The zero-order valence-electron chi connectivity index (χ0n) is 19.9. The number of amides is 1. The van der Waals surface area contributed by atoms with Crippen LogP contribution in [0.2, 0.25) is 0 Å². The molecule has 0 saturated carbocycles. The van der Waals surface area contributed by atoms with Crippen molar-refractivity contribution in [2.45, 2.75) is 0 Å². The van der Waals surface area contributed by atoms with Crippen LogP contribution in [0.3, 0.4) is 0 Å². The minimum Gasteiger partial charge on any atom is -0.497 e. The maximum absolute atomic E-state index is 13.8. The first kappa shape index (κ1) is 22.2. The Morgan fingerprint density at radius 1 is 0.886 bits per heavy atom. The van der Waals surface area contributed by atoms with Crippen LogP contribution in [0, 0.1) is 0 Å². The Bertz CT molecular complexity index is 1620. The van der Waals surface area contributed by atoms with Crippen LogP contribution in [0.25, 0.3) is 27.5 Å². The molecule has 2 aromatic heterocycles. The van der Waals surface area contributed by atoms with Crippen molar-refractivity contribution in [2.24, 2.45) is 7.05 Å². The summed E-state index contributed by atoms with van der Waals surface area (Å²) in [6, 6.07) is 21.8. The predicted molar refractivity (Wildman–Crippen MR) is 136 cm³/mol. The van der Waals surface area contributed by atoms with Crippen molar-refractivity contribution in [1.82, 2.24) is 14.3 Å². The van der Waals surface area contributed by atoms with Crippen LogP contribution in [-0.4, -0.2) is 41.5 Å². The summed E-state index contributed by atoms with van der Waals surface area (Å²) in [5, 5.41) is 5.93. The van der Waals surface area contributed by atoms with Crippen molar-refractivity contribution in [3.05, 3.63) is 88.8 Å². The predicted octanol–water partition coefficient (Wildman–Crippen LogP) is 4.17. The summed E-state index contributed by atoms with van der Waals surface area (Å²) < 4.78 is 13.6. The van der Waals surface area contributed by atoms with Gasteiger partial charge in [-0.2, -0.15) is 9.78 Å². The maximum atomic E-state index is 13.8. The smallest absolute Gasteiger partial charge is 0.296 e. The SMILES string of the molecule is COc1ccc(N(C)C(=O)c2nn(-c3ccc(OC)cc3)c(=O)c3c2c2ccccc2n3C)cc1. The molecule has 0 aliphatic rings. The second-order valence-electron chi connectivity index (χ2n) is 8.13. The third-order valence-electron chi connectivity index (χ3n) is 6.22. The second kappa shape index (κ2) is 8.64. The zero-order chi connectivity index (χ0) is 24.7. The number of ether oxygens (including phenoxy) is 2. The first-order chi connectivity index (χ1) is 16.9. The highest BCUT2D eigenvalue weighted by Gasteiger charge is 2.26. The lowest BCUT2D eigenvalue weighted by Gasteiger charge is -2.18. The summed E-state index contributed by atoms with van der Waals surface area (Å²) >= 11 is 0. The van der Waals surface area contributed by atoms with E-state index in [1.807, 2.05) is 35.9 Å². The molecule has 0 saturated heterocycles. The fourth-order valence-electron chi connectivity index (χ4n) is 4.31. The zero-order valence-corrected chi connectivity index (χ0v) is 19.9. The monoisotopic (exact) mass is 468 g/mol. The number of benzene rings is 3. The number of methoxy groups -OCH3 is 2. The van der Waals surface area contributed by atoms with Crippen LogP contribution in [0.15, 0.2) is 77.6 Å². The second-order valence-corrected chi connectivity index (χ2v) is 8.13. The molecule has 0 spiro atoms. The first-order valence-electron chi connectivity index (χ1n) is 11.0. The minimum atomic E-state index is -0.334. The number of nitrogens with zero attached hydrogens (tertiary/aromatic N) is 4. The van der Waals surface area contributed by atoms with Crippen molar-refractivity contribution in [2.75, 3.05) is 26.2 Å². The molecule has 5 rings (SSSR count). The van der Waals surface area contributed by atoms with E-state index in [9.17, 15) is 9.59 Å². The third kappa shape index (κ3) is 3.59. The van der Waals surface area contributed by atoms with Crippen LogP contribution in [0.4, 0.5) is 5.69 Å². The molecular formula is C27H24N4O4. The normalized spacial score (nSPS) is 11.1. The fourth-order valence-corrected chi connectivity index (χ4v) is 4.31. The van der Waals surface area contributed by atoms with E-state index in [1.54, 1.807) is 69.8 Å². The molecule has 0 unspecified atom stereocenters. The Balaban J connectivity index is 1.77. The van der Waals surface area contributed by atoms with Gasteiger partial charge in [-0.15, -0.1) is 0 Å². The number of anilines is 1. The van der Waals surface area contributed by atoms with Crippen molar-refractivity contribution in [1.29, 1.82) is 0 Å². The van der Waals surface area contributed by atoms with Gasteiger partial charge in [-0.25, -0.2) is 0 Å². The molecule has 8 heteroatoms. The lowest BCUT2D eigenvalue weighted by atomic mass is 10.1. The van der Waals surface area contributed by atoms with Crippen LogP contribution >= 0.6 is 0 Å². The highest BCUT2D eigenvalue weighted by atomic mass is 16.5. The van der Waals surface area contributed by atoms with Gasteiger partial charge in [0.25, 0.3) is 11.5 Å². The first-order valence-corrected chi connectivity index (χ1v) is 11.0. The van der Waals surface area contributed by atoms with Crippen LogP contribution in [0.1, 0.15) is 10.5 Å². The van der Waals surface area contributed by atoms with E-state index in [-0.39, 0.29) is 17.2 Å². The molecule has 0 aliphatic carbocycles. The maximum Gasteiger partial charge on any atom is 0.296 e. The fraction of sp³-hybridized carbons (Fsp3) is 0.148. The van der Waals surface area contributed by atoms with Gasteiger partial charge in [0.2, 0.25) is 0 Å². The van der Waals surface area contributed by atoms with Crippen LogP contribution in [0.5, 0.6) is 11.5 Å². The summed E-state index contributed by atoms with van der Waals surface area (Å²) in [5.74, 6) is 1.01. The quantitative estimate of drug-likeness (QED) is 0.387. The molecule has 176 valence electrons. The van der Waals surface area contributed by atoms with Gasteiger partial charge in [-0.3, -0.25) is 9.59 Å². The molecule has 1 amide bonds. The summed E-state index contributed by atoms with van der Waals surface area (Å²) in [7, 11) is 6.68. The highest BCUT2D eigenvalue weighted by molar-refractivity contribution is 6.20. The summed E-state index contributed by atoms with van der Waals surface area (Å²) in [5.41, 5.74) is 2.33. The highest BCUT2D eigenvalue weighted by Crippen LogP contribution is 2.30. The van der Waals surface area contributed by atoms with Gasteiger partial charge >= 0.3 is 0 Å². The van der Waals surface area contributed by atoms with E-state index >= 15 is 0 Å². The molecule has 0 radical (unpaired) electrons. The van der Waals surface area contributed by atoms with E-state index in [0.29, 0.717) is 33.8 Å². The van der Waals surface area contributed by atoms with Gasteiger partial charge in [-0.1, -0.05) is 18.2 Å². The van der Waals surface area contributed by atoms with E-state index in [1.165, 1.54) is 9.58 Å². The summed E-state index contributed by atoms with van der Waals surface area (Å²) in [6.45, 7) is 0. The molecule has 2 heterocycles. The average Bonchev–Trinajstić information content (AvgIpc) is 3.21. The molecule has 0 bridgehead atoms. The van der Waals surface area contributed by atoms with Gasteiger partial charge < -0.3 is 18.9 Å². The van der Waals surface area contributed by atoms with Gasteiger partial charge in [-0.05, 0) is 54.6 Å². The Labute approximate surface area is 201 Å². The molecule has 0 atom stereocenters. The van der Waals surface area contributed by atoms with Crippen LogP contribution in [-0.2, 0) is 7.05 Å². The van der Waals surface area contributed by atoms with Gasteiger partial charge in [0.05, 0.1) is 19.9 Å². The topological polar surface area (TPSA) is 78.6 Å². The molecule has 0 N–H and O–H groups in total. The van der Waals surface area contributed by atoms with E-state index in [4.69, 9.17) is 9.47 Å². The molecule has 0 aliphatic heterocycles. The number of hydrogen-bond acceptors (Lipinski definition) is 5. The number of rotatable bonds is 5. The van der Waals surface area contributed by atoms with Gasteiger partial charge in [0.15, 0.2) is 5.69 Å². The Morgan fingerprint density at radius 2 is 1.49 bits per heavy atom. The van der Waals surface area contributed by atoms with E-state index in [2.05, 4.69) is 5.10 Å². The number of aryl methyl sites for hydroxylation is 1. The molecule has 8 nitrogen and oxygen atoms in total. The lowest BCUT2D eigenvalue weighted by molar-refractivity contribution is 0.0988. The van der Waals surface area contributed by atoms with Crippen molar-refractivity contribution in [3.8, 4) is 17.2 Å². The molecule has 3 aromatic carbocycles. The number of para-hydroxylation sites is 1. The summed E-state index contributed by atoms with van der Waals surface area (Å²) in [6.07, 6.45) is 0. The molecule has 35 heavy (non-hydrogen) atoms. The lowest BCUT2D eigenvalue weighted by Crippen LogP contribution is -2.31.